The second-order valence-corrected chi connectivity index (χ2v) is 7.19. The van der Waals surface area contributed by atoms with Crippen molar-refractivity contribution >= 4 is 34.9 Å². The maximum atomic E-state index is 13.2. The largest absolute Gasteiger partial charge is 0.311 e. The van der Waals surface area contributed by atoms with Crippen molar-refractivity contribution in [3.05, 3.63) is 65.9 Å². The summed E-state index contributed by atoms with van der Waals surface area (Å²) in [6, 6.07) is 15.5. The fraction of sp³-hybridized carbons (Fsp3) is 0.227. The van der Waals surface area contributed by atoms with Crippen LogP contribution < -0.4 is 4.90 Å². The van der Waals surface area contributed by atoms with Crippen molar-refractivity contribution in [2.75, 3.05) is 11.4 Å². The molecule has 1 aromatic heterocycles. The monoisotopic (exact) mass is 372 g/mol. The van der Waals surface area contributed by atoms with Crippen LogP contribution >= 0.6 is 0 Å². The molecule has 0 bridgehead atoms. The number of hydrogen-bond donors (Lipinski definition) is 0. The molecule has 2 aliphatic rings. The van der Waals surface area contributed by atoms with Crippen LogP contribution in [0.25, 0.3) is 17.1 Å². The quantitative estimate of drug-likeness (QED) is 0.693. The zero-order valence-corrected chi connectivity index (χ0v) is 15.6. The Morgan fingerprint density at radius 2 is 1.86 bits per heavy atom. The van der Waals surface area contributed by atoms with E-state index in [0.717, 1.165) is 28.7 Å². The summed E-state index contributed by atoms with van der Waals surface area (Å²) in [5.74, 6) is 0.604. The summed E-state index contributed by atoms with van der Waals surface area (Å²) in [7, 11) is 0. The zero-order valence-electron chi connectivity index (χ0n) is 15.6. The molecule has 0 fully saturated rings. The average Bonchev–Trinajstić information content (AvgIpc) is 3.27. The number of nitrogens with zero attached hydrogens (tertiary/aromatic N) is 4. The van der Waals surface area contributed by atoms with Crippen molar-refractivity contribution in [3.63, 3.8) is 0 Å². The van der Waals surface area contributed by atoms with Gasteiger partial charge in [0, 0.05) is 26.2 Å². The molecular weight excluding hydrogens is 352 g/mol. The summed E-state index contributed by atoms with van der Waals surface area (Å²) < 4.78 is 2.09. The standard InChI is InChI=1S/C22H20N4O2/c1-15(27)24-11-10-16-6-2-3-7-17(16)20(24)14-21(28)26-13-12-25-19-9-5-4-8-18(19)23-22(25)26/h2-11,20H,12-14H2,1H3. The number of aromatic nitrogens is 2. The van der Waals surface area contributed by atoms with Crippen molar-refractivity contribution in [2.45, 2.75) is 25.9 Å². The zero-order chi connectivity index (χ0) is 19.3. The first-order valence-corrected chi connectivity index (χ1v) is 9.45. The van der Waals surface area contributed by atoms with Gasteiger partial charge in [-0.3, -0.25) is 14.5 Å². The summed E-state index contributed by atoms with van der Waals surface area (Å²) in [6.45, 7) is 2.88. The van der Waals surface area contributed by atoms with Crippen LogP contribution in [0.15, 0.2) is 54.7 Å². The van der Waals surface area contributed by atoms with E-state index < -0.39 is 0 Å². The van der Waals surface area contributed by atoms with Crippen molar-refractivity contribution in [3.8, 4) is 0 Å². The van der Waals surface area contributed by atoms with Gasteiger partial charge in [0.1, 0.15) is 0 Å². The van der Waals surface area contributed by atoms with Gasteiger partial charge in [0.15, 0.2) is 0 Å². The van der Waals surface area contributed by atoms with E-state index in [1.54, 1.807) is 16.0 Å². The van der Waals surface area contributed by atoms with E-state index in [1.165, 1.54) is 6.92 Å². The molecule has 0 radical (unpaired) electrons. The summed E-state index contributed by atoms with van der Waals surface area (Å²) in [6.07, 6.45) is 3.93. The van der Waals surface area contributed by atoms with E-state index in [1.807, 2.05) is 54.6 Å². The molecule has 1 unspecified atom stereocenters. The Bertz CT molecular complexity index is 1130. The fourth-order valence-electron chi connectivity index (χ4n) is 4.21. The minimum absolute atomic E-state index is 0.0181. The number of amides is 2. The lowest BCUT2D eigenvalue weighted by molar-refractivity contribution is -0.129. The molecule has 0 saturated heterocycles. The van der Waals surface area contributed by atoms with Gasteiger partial charge in [-0.15, -0.1) is 0 Å². The van der Waals surface area contributed by atoms with Crippen molar-refractivity contribution < 1.29 is 9.59 Å². The van der Waals surface area contributed by atoms with E-state index in [9.17, 15) is 9.59 Å². The SMILES string of the molecule is CC(=O)N1C=Cc2ccccc2C1CC(=O)N1CCn2c1nc1ccccc12. The number of carbonyl (C=O) groups is 2. The molecule has 140 valence electrons. The molecule has 0 aliphatic carbocycles. The maximum absolute atomic E-state index is 13.2. The van der Waals surface area contributed by atoms with Gasteiger partial charge in [0.2, 0.25) is 17.8 Å². The van der Waals surface area contributed by atoms with E-state index >= 15 is 0 Å². The summed E-state index contributed by atoms with van der Waals surface area (Å²) >= 11 is 0. The summed E-state index contributed by atoms with van der Waals surface area (Å²) in [5.41, 5.74) is 3.99. The maximum Gasteiger partial charge on any atom is 0.231 e. The number of hydrogen-bond acceptors (Lipinski definition) is 3. The van der Waals surface area contributed by atoms with Gasteiger partial charge in [0.25, 0.3) is 0 Å². The third-order valence-corrected chi connectivity index (χ3v) is 5.56. The third kappa shape index (κ3) is 2.52. The number of benzene rings is 2. The highest BCUT2D eigenvalue weighted by atomic mass is 16.2. The van der Waals surface area contributed by atoms with Gasteiger partial charge < -0.3 is 9.47 Å². The molecule has 6 heteroatoms. The lowest BCUT2D eigenvalue weighted by Gasteiger charge is -2.33. The highest BCUT2D eigenvalue weighted by Gasteiger charge is 2.33. The van der Waals surface area contributed by atoms with Crippen LogP contribution in [0.2, 0.25) is 0 Å². The number of imidazole rings is 1. The molecule has 3 aromatic rings. The number of rotatable bonds is 2. The molecule has 0 saturated carbocycles. The predicted octanol–water partition coefficient (Wildman–Crippen LogP) is 3.35. The first kappa shape index (κ1) is 16.7. The Kier molecular flexibility index (Phi) is 3.79. The van der Waals surface area contributed by atoms with Gasteiger partial charge in [-0.05, 0) is 29.3 Å². The normalized spacial score (nSPS) is 17.7. The molecule has 0 N–H and O–H groups in total. The Morgan fingerprint density at radius 3 is 2.71 bits per heavy atom. The van der Waals surface area contributed by atoms with Crippen LogP contribution in [0, 0.1) is 0 Å². The van der Waals surface area contributed by atoms with E-state index in [-0.39, 0.29) is 24.3 Å². The first-order chi connectivity index (χ1) is 13.6. The van der Waals surface area contributed by atoms with Crippen LogP contribution in [-0.2, 0) is 16.1 Å². The van der Waals surface area contributed by atoms with Crippen molar-refractivity contribution in [1.82, 2.24) is 14.5 Å². The van der Waals surface area contributed by atoms with Gasteiger partial charge in [-0.1, -0.05) is 36.4 Å². The number of fused-ring (bicyclic) bond motifs is 4. The first-order valence-electron chi connectivity index (χ1n) is 9.45. The van der Waals surface area contributed by atoms with E-state index in [2.05, 4.69) is 9.55 Å². The molecule has 1 atom stereocenters. The van der Waals surface area contributed by atoms with Crippen molar-refractivity contribution in [2.24, 2.45) is 0 Å². The fourth-order valence-corrected chi connectivity index (χ4v) is 4.21. The summed E-state index contributed by atoms with van der Waals surface area (Å²) in [5, 5.41) is 0. The van der Waals surface area contributed by atoms with Gasteiger partial charge in [-0.2, -0.15) is 0 Å². The molecule has 28 heavy (non-hydrogen) atoms. The van der Waals surface area contributed by atoms with Gasteiger partial charge >= 0.3 is 0 Å². The lowest BCUT2D eigenvalue weighted by atomic mass is 9.93. The lowest BCUT2D eigenvalue weighted by Crippen LogP contribution is -2.37. The van der Waals surface area contributed by atoms with Crippen LogP contribution in [0.4, 0.5) is 5.95 Å². The third-order valence-electron chi connectivity index (χ3n) is 5.56. The van der Waals surface area contributed by atoms with Crippen molar-refractivity contribution in [1.29, 1.82) is 0 Å². The molecule has 3 heterocycles. The molecular formula is C22H20N4O2. The Morgan fingerprint density at radius 1 is 1.07 bits per heavy atom. The number of carbonyl (C=O) groups excluding carboxylic acids is 2. The molecule has 2 amide bonds. The van der Waals surface area contributed by atoms with Gasteiger partial charge in [0.05, 0.1) is 23.5 Å². The molecule has 2 aliphatic heterocycles. The number of anilines is 1. The Labute approximate surface area is 162 Å². The van der Waals surface area contributed by atoms with Crippen LogP contribution in [0.5, 0.6) is 0 Å². The highest BCUT2D eigenvalue weighted by molar-refractivity contribution is 5.95. The molecule has 0 spiro atoms. The van der Waals surface area contributed by atoms with Crippen LogP contribution in [0.1, 0.15) is 30.5 Å². The minimum atomic E-state index is -0.301. The molecule has 6 nitrogen and oxygen atoms in total. The highest BCUT2D eigenvalue weighted by Crippen LogP contribution is 2.35. The van der Waals surface area contributed by atoms with Crippen LogP contribution in [0.3, 0.4) is 0 Å². The second-order valence-electron chi connectivity index (χ2n) is 7.19. The predicted molar refractivity (Wildman–Crippen MR) is 107 cm³/mol. The summed E-state index contributed by atoms with van der Waals surface area (Å²) in [4.78, 5) is 33.5. The Balaban J connectivity index is 1.47. The Hall–Kier alpha value is -3.41. The average molecular weight is 372 g/mol. The topological polar surface area (TPSA) is 58.4 Å². The van der Waals surface area contributed by atoms with E-state index in [4.69, 9.17) is 0 Å². The molecule has 5 rings (SSSR count). The van der Waals surface area contributed by atoms with Crippen LogP contribution in [-0.4, -0.2) is 32.8 Å². The van der Waals surface area contributed by atoms with Gasteiger partial charge in [-0.25, -0.2) is 4.98 Å². The number of para-hydroxylation sites is 2. The second kappa shape index (κ2) is 6.34. The minimum Gasteiger partial charge on any atom is -0.311 e. The molecule has 2 aromatic carbocycles. The van der Waals surface area contributed by atoms with E-state index in [0.29, 0.717) is 12.5 Å². The smallest absolute Gasteiger partial charge is 0.231 e.